The van der Waals surface area contributed by atoms with Crippen LogP contribution in [0.25, 0.3) is 5.69 Å². The molecule has 0 aliphatic heterocycles. The summed E-state index contributed by atoms with van der Waals surface area (Å²) >= 11 is 5.37. The van der Waals surface area contributed by atoms with Crippen LogP contribution in [0, 0.1) is 0 Å². The molecule has 0 spiro atoms. The molecule has 0 radical (unpaired) electrons. The van der Waals surface area contributed by atoms with Gasteiger partial charge in [-0.15, -0.1) is 0 Å². The van der Waals surface area contributed by atoms with Crippen LogP contribution in [0.15, 0.2) is 43.0 Å². The third kappa shape index (κ3) is 1.67. The van der Waals surface area contributed by atoms with Crippen molar-refractivity contribution < 1.29 is 4.79 Å². The zero-order chi connectivity index (χ0) is 9.97. The highest BCUT2D eigenvalue weighted by atomic mass is 35.5. The van der Waals surface area contributed by atoms with Gasteiger partial charge in [0.15, 0.2) is 0 Å². The van der Waals surface area contributed by atoms with Crippen molar-refractivity contribution in [1.82, 2.24) is 9.55 Å². The first kappa shape index (κ1) is 8.97. The number of carbonyl (C=O) groups is 1. The summed E-state index contributed by atoms with van der Waals surface area (Å²) in [6.45, 7) is 0. The molecule has 0 atom stereocenters. The van der Waals surface area contributed by atoms with Gasteiger partial charge in [-0.2, -0.15) is 0 Å². The van der Waals surface area contributed by atoms with Crippen LogP contribution >= 0.6 is 11.6 Å². The van der Waals surface area contributed by atoms with E-state index < -0.39 is 5.24 Å². The lowest BCUT2D eigenvalue weighted by Gasteiger charge is -2.02. The van der Waals surface area contributed by atoms with Crippen LogP contribution in [0.4, 0.5) is 0 Å². The van der Waals surface area contributed by atoms with E-state index in [1.807, 2.05) is 10.6 Å². The molecule has 70 valence electrons. The minimum atomic E-state index is -0.452. The maximum absolute atomic E-state index is 10.9. The minimum absolute atomic E-state index is 0.452. The van der Waals surface area contributed by atoms with Crippen LogP contribution in [0.2, 0.25) is 0 Å². The van der Waals surface area contributed by atoms with Crippen molar-refractivity contribution in [2.75, 3.05) is 0 Å². The standard InChI is InChI=1S/C10H7ClN2O/c11-10(14)8-2-1-3-9(6-8)13-5-4-12-7-13/h1-7H. The summed E-state index contributed by atoms with van der Waals surface area (Å²) in [5.74, 6) is 0. The van der Waals surface area contributed by atoms with Gasteiger partial charge in [-0.25, -0.2) is 4.98 Å². The van der Waals surface area contributed by atoms with Crippen molar-refractivity contribution in [3.05, 3.63) is 48.5 Å². The van der Waals surface area contributed by atoms with Gasteiger partial charge in [-0.3, -0.25) is 4.79 Å². The molecule has 0 aliphatic carbocycles. The van der Waals surface area contributed by atoms with E-state index in [0.29, 0.717) is 5.56 Å². The number of halogens is 1. The molecule has 3 nitrogen and oxygen atoms in total. The van der Waals surface area contributed by atoms with E-state index in [1.54, 1.807) is 36.9 Å². The second kappa shape index (κ2) is 3.64. The van der Waals surface area contributed by atoms with Crippen LogP contribution in [-0.2, 0) is 0 Å². The highest BCUT2D eigenvalue weighted by molar-refractivity contribution is 6.67. The molecule has 0 aliphatic rings. The van der Waals surface area contributed by atoms with Gasteiger partial charge in [0.1, 0.15) is 0 Å². The first-order chi connectivity index (χ1) is 6.77. The topological polar surface area (TPSA) is 34.9 Å². The van der Waals surface area contributed by atoms with Gasteiger partial charge in [-0.1, -0.05) is 6.07 Å². The number of imidazole rings is 1. The van der Waals surface area contributed by atoms with Gasteiger partial charge in [-0.05, 0) is 29.8 Å². The Morgan fingerprint density at radius 2 is 2.29 bits per heavy atom. The van der Waals surface area contributed by atoms with Crippen molar-refractivity contribution in [1.29, 1.82) is 0 Å². The van der Waals surface area contributed by atoms with E-state index in [1.165, 1.54) is 0 Å². The van der Waals surface area contributed by atoms with Gasteiger partial charge in [0.05, 0.1) is 6.33 Å². The molecule has 2 rings (SSSR count). The first-order valence-electron chi connectivity index (χ1n) is 4.05. The second-order valence-corrected chi connectivity index (χ2v) is 3.14. The van der Waals surface area contributed by atoms with Gasteiger partial charge in [0.2, 0.25) is 0 Å². The molecule has 14 heavy (non-hydrogen) atoms. The lowest BCUT2D eigenvalue weighted by molar-refractivity contribution is 0.108. The van der Waals surface area contributed by atoms with Crippen molar-refractivity contribution in [3.8, 4) is 5.69 Å². The Balaban J connectivity index is 2.46. The van der Waals surface area contributed by atoms with Gasteiger partial charge < -0.3 is 4.57 Å². The van der Waals surface area contributed by atoms with Gasteiger partial charge in [0, 0.05) is 23.6 Å². The smallest absolute Gasteiger partial charge is 0.252 e. The fraction of sp³-hybridized carbons (Fsp3) is 0. The molecule has 0 saturated carbocycles. The summed E-state index contributed by atoms with van der Waals surface area (Å²) in [7, 11) is 0. The van der Waals surface area contributed by atoms with Crippen LogP contribution in [-0.4, -0.2) is 14.8 Å². The summed E-state index contributed by atoms with van der Waals surface area (Å²) in [5.41, 5.74) is 1.35. The van der Waals surface area contributed by atoms with Crippen LogP contribution in [0.3, 0.4) is 0 Å². The second-order valence-electron chi connectivity index (χ2n) is 2.79. The molecular weight excluding hydrogens is 200 g/mol. The van der Waals surface area contributed by atoms with E-state index in [-0.39, 0.29) is 0 Å². The van der Waals surface area contributed by atoms with E-state index in [2.05, 4.69) is 4.98 Å². The first-order valence-corrected chi connectivity index (χ1v) is 4.43. The van der Waals surface area contributed by atoms with Crippen molar-refractivity contribution in [2.24, 2.45) is 0 Å². The molecule has 0 bridgehead atoms. The van der Waals surface area contributed by atoms with E-state index >= 15 is 0 Å². The van der Waals surface area contributed by atoms with Crippen LogP contribution < -0.4 is 0 Å². The van der Waals surface area contributed by atoms with Crippen LogP contribution in [0.5, 0.6) is 0 Å². The number of hydrogen-bond acceptors (Lipinski definition) is 2. The summed E-state index contributed by atoms with van der Waals surface area (Å²) in [5, 5.41) is -0.452. The normalized spacial score (nSPS) is 10.1. The summed E-state index contributed by atoms with van der Waals surface area (Å²) < 4.78 is 1.81. The van der Waals surface area contributed by atoms with E-state index in [4.69, 9.17) is 11.6 Å². The molecule has 0 amide bonds. The maximum Gasteiger partial charge on any atom is 0.252 e. The number of nitrogens with zero attached hydrogens (tertiary/aromatic N) is 2. The van der Waals surface area contributed by atoms with E-state index in [9.17, 15) is 4.79 Å². The Morgan fingerprint density at radius 3 is 2.93 bits per heavy atom. The molecule has 0 saturated heterocycles. The molecule has 2 aromatic rings. The Bertz CT molecular complexity index is 451. The quantitative estimate of drug-likeness (QED) is 0.707. The van der Waals surface area contributed by atoms with Crippen molar-refractivity contribution >= 4 is 16.8 Å². The summed E-state index contributed by atoms with van der Waals surface area (Å²) in [4.78, 5) is 14.8. The number of carbonyl (C=O) groups excluding carboxylic acids is 1. The Hall–Kier alpha value is -1.61. The largest absolute Gasteiger partial charge is 0.306 e. The average molecular weight is 207 g/mol. The predicted octanol–water partition coefficient (Wildman–Crippen LogP) is 2.25. The van der Waals surface area contributed by atoms with Gasteiger partial charge >= 0.3 is 0 Å². The summed E-state index contributed by atoms with van der Waals surface area (Å²) in [6.07, 6.45) is 5.14. The minimum Gasteiger partial charge on any atom is -0.306 e. The number of hydrogen-bond donors (Lipinski definition) is 0. The molecule has 1 aromatic heterocycles. The summed E-state index contributed by atoms with van der Waals surface area (Å²) in [6, 6.07) is 7.06. The highest BCUT2D eigenvalue weighted by Gasteiger charge is 2.02. The molecule has 4 heteroatoms. The van der Waals surface area contributed by atoms with E-state index in [0.717, 1.165) is 5.69 Å². The van der Waals surface area contributed by atoms with Gasteiger partial charge in [0.25, 0.3) is 5.24 Å². The Morgan fingerprint density at radius 1 is 1.43 bits per heavy atom. The van der Waals surface area contributed by atoms with Crippen molar-refractivity contribution in [2.45, 2.75) is 0 Å². The predicted molar refractivity (Wildman–Crippen MR) is 53.7 cm³/mol. The lowest BCUT2D eigenvalue weighted by Crippen LogP contribution is -1.94. The molecule has 1 heterocycles. The molecule has 0 unspecified atom stereocenters. The fourth-order valence-corrected chi connectivity index (χ4v) is 1.32. The maximum atomic E-state index is 10.9. The number of aromatic nitrogens is 2. The third-order valence-corrected chi connectivity index (χ3v) is 2.09. The molecule has 0 N–H and O–H groups in total. The molecule has 1 aromatic carbocycles. The monoisotopic (exact) mass is 206 g/mol. The van der Waals surface area contributed by atoms with Crippen LogP contribution in [0.1, 0.15) is 10.4 Å². The third-order valence-electron chi connectivity index (χ3n) is 1.88. The number of benzene rings is 1. The fourth-order valence-electron chi connectivity index (χ4n) is 1.20. The molecular formula is C10H7ClN2O. The highest BCUT2D eigenvalue weighted by Crippen LogP contribution is 2.11. The Kier molecular flexibility index (Phi) is 2.33. The SMILES string of the molecule is O=C(Cl)c1cccc(-n2ccnc2)c1. The zero-order valence-corrected chi connectivity index (χ0v) is 7.98. The van der Waals surface area contributed by atoms with Crippen molar-refractivity contribution in [3.63, 3.8) is 0 Å². The number of rotatable bonds is 2. The average Bonchev–Trinajstić information content (AvgIpc) is 2.71. The Labute approximate surface area is 86.0 Å². The zero-order valence-electron chi connectivity index (χ0n) is 7.22. The molecule has 0 fully saturated rings. The lowest BCUT2D eigenvalue weighted by atomic mass is 10.2.